The second-order valence-corrected chi connectivity index (χ2v) is 2.16. The van der Waals surface area contributed by atoms with Gasteiger partial charge in [0, 0.05) is 12.2 Å². The van der Waals surface area contributed by atoms with Gasteiger partial charge in [-0.25, -0.2) is 9.59 Å². The van der Waals surface area contributed by atoms with Crippen molar-refractivity contribution >= 4 is 44.5 Å². The summed E-state index contributed by atoms with van der Waals surface area (Å²) in [7, 11) is 0. The molecule has 0 atom stereocenters. The topological polar surface area (TPSA) is 52.6 Å². The Balaban J connectivity index is 3.81. The van der Waals surface area contributed by atoms with E-state index in [1.807, 2.05) is 0 Å². The standard InChI is InChI=1S/C6H4Br2O4/c7-11-5(9)3-1-2-4-6(10)12-8/h1-4H/b3-1-,4-2-. The van der Waals surface area contributed by atoms with E-state index < -0.39 is 11.9 Å². The van der Waals surface area contributed by atoms with E-state index >= 15 is 0 Å². The molecule has 0 amide bonds. The summed E-state index contributed by atoms with van der Waals surface area (Å²) in [6, 6.07) is 0. The van der Waals surface area contributed by atoms with Crippen LogP contribution in [0, 0.1) is 0 Å². The van der Waals surface area contributed by atoms with Gasteiger partial charge < -0.3 is 7.66 Å². The molecule has 0 saturated carbocycles. The first-order valence-corrected chi connectivity index (χ1v) is 4.00. The van der Waals surface area contributed by atoms with E-state index in [1.165, 1.54) is 12.2 Å². The Morgan fingerprint density at radius 2 is 1.25 bits per heavy atom. The Bertz CT molecular complexity index is 198. The molecule has 0 rings (SSSR count). The maximum absolute atomic E-state index is 10.4. The molecule has 0 aromatic rings. The van der Waals surface area contributed by atoms with Crippen molar-refractivity contribution in [2.24, 2.45) is 0 Å². The van der Waals surface area contributed by atoms with E-state index in [-0.39, 0.29) is 0 Å². The highest BCUT2D eigenvalue weighted by molar-refractivity contribution is 9.06. The fourth-order valence-electron chi connectivity index (χ4n) is 0.320. The second kappa shape index (κ2) is 7.05. The second-order valence-electron chi connectivity index (χ2n) is 1.51. The molecule has 0 radical (unpaired) electrons. The van der Waals surface area contributed by atoms with Crippen LogP contribution in [0.2, 0.25) is 0 Å². The number of hydrogen-bond donors (Lipinski definition) is 0. The zero-order valence-electron chi connectivity index (χ0n) is 5.70. The number of rotatable bonds is 3. The summed E-state index contributed by atoms with van der Waals surface area (Å²) in [5.74, 6) is -1.13. The van der Waals surface area contributed by atoms with Gasteiger partial charge in [0.15, 0.2) is 32.5 Å². The van der Waals surface area contributed by atoms with Crippen molar-refractivity contribution in [3.63, 3.8) is 0 Å². The largest absolute Gasteiger partial charge is 0.380 e. The molecule has 0 aromatic heterocycles. The molecule has 0 unspecified atom stereocenters. The van der Waals surface area contributed by atoms with E-state index in [2.05, 4.69) is 40.2 Å². The van der Waals surface area contributed by atoms with Gasteiger partial charge in [-0.2, -0.15) is 0 Å². The lowest BCUT2D eigenvalue weighted by Crippen LogP contribution is -1.89. The molecule has 0 aliphatic rings. The average molecular weight is 300 g/mol. The summed E-state index contributed by atoms with van der Waals surface area (Å²) in [6.45, 7) is 0. The summed E-state index contributed by atoms with van der Waals surface area (Å²) >= 11 is 4.97. The molecule has 0 spiro atoms. The molecular weight excluding hydrogens is 296 g/mol. The Morgan fingerprint density at radius 1 is 0.917 bits per heavy atom. The predicted molar refractivity (Wildman–Crippen MR) is 48.3 cm³/mol. The van der Waals surface area contributed by atoms with Crippen LogP contribution in [-0.4, -0.2) is 11.9 Å². The van der Waals surface area contributed by atoms with Crippen molar-refractivity contribution in [3.05, 3.63) is 24.3 Å². The van der Waals surface area contributed by atoms with Gasteiger partial charge in [-0.1, -0.05) is 12.2 Å². The van der Waals surface area contributed by atoms with Crippen LogP contribution in [0.5, 0.6) is 0 Å². The van der Waals surface area contributed by atoms with Crippen LogP contribution < -0.4 is 0 Å². The first-order valence-electron chi connectivity index (χ1n) is 2.70. The third-order valence-corrected chi connectivity index (χ3v) is 1.37. The number of hydrogen-bond acceptors (Lipinski definition) is 4. The fraction of sp³-hybridized carbons (Fsp3) is 0. The van der Waals surface area contributed by atoms with Crippen molar-refractivity contribution in [1.29, 1.82) is 0 Å². The fourth-order valence-corrected chi connectivity index (χ4v) is 0.536. The Kier molecular flexibility index (Phi) is 6.69. The molecule has 4 nitrogen and oxygen atoms in total. The van der Waals surface area contributed by atoms with Gasteiger partial charge in [-0.15, -0.1) is 0 Å². The van der Waals surface area contributed by atoms with Gasteiger partial charge in [0.05, 0.1) is 0 Å². The van der Waals surface area contributed by atoms with Crippen molar-refractivity contribution < 1.29 is 17.2 Å². The molecule has 0 aliphatic heterocycles. The maximum Gasteiger partial charge on any atom is 0.342 e. The summed E-state index contributed by atoms with van der Waals surface area (Å²) in [6.07, 6.45) is 4.94. The number of carbonyl (C=O) groups is 2. The van der Waals surface area contributed by atoms with Crippen molar-refractivity contribution in [2.75, 3.05) is 0 Å². The molecule has 0 fully saturated rings. The van der Waals surface area contributed by atoms with Gasteiger partial charge in [0.25, 0.3) is 0 Å². The van der Waals surface area contributed by atoms with Crippen LogP contribution in [-0.2, 0) is 17.2 Å². The van der Waals surface area contributed by atoms with Gasteiger partial charge >= 0.3 is 11.9 Å². The highest BCUT2D eigenvalue weighted by atomic mass is 79.9. The summed E-state index contributed by atoms with van der Waals surface area (Å²) in [5.41, 5.74) is 0. The van der Waals surface area contributed by atoms with Crippen LogP contribution >= 0.6 is 32.5 Å². The number of allylic oxidation sites excluding steroid dienone is 2. The van der Waals surface area contributed by atoms with Crippen molar-refractivity contribution in [1.82, 2.24) is 0 Å². The predicted octanol–water partition coefficient (Wildman–Crippen LogP) is 1.80. The van der Waals surface area contributed by atoms with E-state index in [9.17, 15) is 9.59 Å². The maximum atomic E-state index is 10.4. The minimum absolute atomic E-state index is 0.563. The van der Waals surface area contributed by atoms with E-state index in [0.29, 0.717) is 0 Å². The highest BCUT2D eigenvalue weighted by Gasteiger charge is 1.91. The third-order valence-electron chi connectivity index (χ3n) is 0.728. The molecule has 66 valence electrons. The first-order chi connectivity index (χ1) is 5.70. The number of halogens is 2. The summed E-state index contributed by atoms with van der Waals surface area (Å²) in [5, 5.41) is 0. The zero-order chi connectivity index (χ0) is 9.40. The minimum atomic E-state index is -0.563. The highest BCUT2D eigenvalue weighted by Crippen LogP contribution is 1.90. The molecular formula is C6H4Br2O4. The molecule has 0 aromatic carbocycles. The lowest BCUT2D eigenvalue weighted by molar-refractivity contribution is -0.128. The van der Waals surface area contributed by atoms with Gasteiger partial charge in [0.1, 0.15) is 0 Å². The smallest absolute Gasteiger partial charge is 0.342 e. The van der Waals surface area contributed by atoms with Crippen LogP contribution in [0.4, 0.5) is 0 Å². The number of carbonyl (C=O) groups excluding carboxylic acids is 2. The molecule has 6 heteroatoms. The molecule has 12 heavy (non-hydrogen) atoms. The Hall–Kier alpha value is -0.620. The van der Waals surface area contributed by atoms with Crippen LogP contribution in [0.15, 0.2) is 24.3 Å². The van der Waals surface area contributed by atoms with Crippen LogP contribution in [0.25, 0.3) is 0 Å². The van der Waals surface area contributed by atoms with Crippen molar-refractivity contribution in [2.45, 2.75) is 0 Å². The lowest BCUT2D eigenvalue weighted by atomic mass is 10.4. The van der Waals surface area contributed by atoms with E-state index in [4.69, 9.17) is 0 Å². The Labute approximate surface area is 86.1 Å². The normalized spacial score (nSPS) is 10.5. The van der Waals surface area contributed by atoms with Crippen molar-refractivity contribution in [3.8, 4) is 0 Å². The van der Waals surface area contributed by atoms with Gasteiger partial charge in [-0.3, -0.25) is 0 Å². The summed E-state index contributed by atoms with van der Waals surface area (Å²) < 4.78 is 8.22. The van der Waals surface area contributed by atoms with Gasteiger partial charge in [-0.05, 0) is 0 Å². The van der Waals surface area contributed by atoms with Crippen LogP contribution in [0.1, 0.15) is 0 Å². The molecule has 0 N–H and O–H groups in total. The average Bonchev–Trinajstić information content (AvgIpc) is 2.11. The quantitative estimate of drug-likeness (QED) is 0.589. The van der Waals surface area contributed by atoms with Crippen LogP contribution in [0.3, 0.4) is 0 Å². The zero-order valence-corrected chi connectivity index (χ0v) is 8.87. The van der Waals surface area contributed by atoms with E-state index in [0.717, 1.165) is 12.2 Å². The SMILES string of the molecule is O=C(/C=C\C=C/C(=O)OBr)OBr. The first kappa shape index (κ1) is 11.4. The monoisotopic (exact) mass is 298 g/mol. The molecule has 0 aliphatic carbocycles. The molecule has 0 saturated heterocycles. The molecule has 0 bridgehead atoms. The Morgan fingerprint density at radius 3 is 1.50 bits per heavy atom. The summed E-state index contributed by atoms with van der Waals surface area (Å²) in [4.78, 5) is 20.8. The minimum Gasteiger partial charge on any atom is -0.380 e. The van der Waals surface area contributed by atoms with Gasteiger partial charge in [0.2, 0.25) is 0 Å². The third kappa shape index (κ3) is 6.11. The van der Waals surface area contributed by atoms with E-state index in [1.54, 1.807) is 0 Å². The lowest BCUT2D eigenvalue weighted by Gasteiger charge is -1.83. The molecule has 0 heterocycles.